The average molecular weight is 179 g/mol. The van der Waals surface area contributed by atoms with Crippen LogP contribution in [0.5, 0.6) is 5.75 Å². The van der Waals surface area contributed by atoms with Gasteiger partial charge in [0.05, 0.1) is 7.11 Å². The molecule has 72 valence electrons. The number of hydrogen-bond donors (Lipinski definition) is 1. The largest absolute Gasteiger partial charge is 0.497 e. The van der Waals surface area contributed by atoms with Gasteiger partial charge in [0.25, 0.3) is 0 Å². The van der Waals surface area contributed by atoms with Crippen LogP contribution in [0, 0.1) is 0 Å². The standard InChI is InChI=1S/C11H17NO/c1-4-9-5-6-11(13-3)7-10(9)8-12-2/h5-7,12H,4,8H2,1-3H3. The summed E-state index contributed by atoms with van der Waals surface area (Å²) in [6.45, 7) is 3.07. The van der Waals surface area contributed by atoms with Crippen molar-refractivity contribution in [3.63, 3.8) is 0 Å². The molecule has 0 aliphatic rings. The lowest BCUT2D eigenvalue weighted by Crippen LogP contribution is -2.07. The first-order chi connectivity index (χ1) is 6.31. The number of ether oxygens (including phenoxy) is 1. The van der Waals surface area contributed by atoms with Crippen molar-refractivity contribution >= 4 is 0 Å². The van der Waals surface area contributed by atoms with Gasteiger partial charge < -0.3 is 10.1 Å². The number of nitrogens with one attached hydrogen (secondary N) is 1. The van der Waals surface area contributed by atoms with Crippen molar-refractivity contribution < 1.29 is 4.74 Å². The van der Waals surface area contributed by atoms with Crippen molar-refractivity contribution in [2.45, 2.75) is 19.9 Å². The van der Waals surface area contributed by atoms with Gasteiger partial charge in [-0.15, -0.1) is 0 Å². The zero-order valence-corrected chi connectivity index (χ0v) is 8.55. The first-order valence-corrected chi connectivity index (χ1v) is 4.62. The lowest BCUT2D eigenvalue weighted by Gasteiger charge is -2.09. The fraction of sp³-hybridized carbons (Fsp3) is 0.455. The summed E-state index contributed by atoms with van der Waals surface area (Å²) < 4.78 is 5.17. The summed E-state index contributed by atoms with van der Waals surface area (Å²) in [6.07, 6.45) is 1.07. The van der Waals surface area contributed by atoms with Crippen molar-refractivity contribution in [3.05, 3.63) is 29.3 Å². The number of benzene rings is 1. The second-order valence-corrected chi connectivity index (χ2v) is 3.02. The fourth-order valence-electron chi connectivity index (χ4n) is 1.43. The molecule has 0 aliphatic carbocycles. The molecule has 0 radical (unpaired) electrons. The molecular formula is C11H17NO. The van der Waals surface area contributed by atoms with Crippen molar-refractivity contribution in [3.8, 4) is 5.75 Å². The highest BCUT2D eigenvalue weighted by atomic mass is 16.5. The molecule has 0 unspecified atom stereocenters. The number of rotatable bonds is 4. The van der Waals surface area contributed by atoms with E-state index in [1.165, 1.54) is 11.1 Å². The molecule has 0 saturated heterocycles. The molecule has 0 aromatic heterocycles. The zero-order valence-electron chi connectivity index (χ0n) is 8.55. The van der Waals surface area contributed by atoms with Gasteiger partial charge in [0.2, 0.25) is 0 Å². The highest BCUT2D eigenvalue weighted by Gasteiger charge is 2.01. The minimum atomic E-state index is 0.903. The molecule has 13 heavy (non-hydrogen) atoms. The smallest absolute Gasteiger partial charge is 0.119 e. The van der Waals surface area contributed by atoms with E-state index in [2.05, 4.69) is 24.4 Å². The van der Waals surface area contributed by atoms with Crippen LogP contribution in [-0.4, -0.2) is 14.2 Å². The minimum absolute atomic E-state index is 0.903. The van der Waals surface area contributed by atoms with Crippen molar-refractivity contribution in [2.24, 2.45) is 0 Å². The Morgan fingerprint density at radius 1 is 1.31 bits per heavy atom. The molecule has 0 spiro atoms. The second kappa shape index (κ2) is 4.87. The van der Waals surface area contributed by atoms with Crippen LogP contribution < -0.4 is 10.1 Å². The Kier molecular flexibility index (Phi) is 3.77. The monoisotopic (exact) mass is 179 g/mol. The maximum Gasteiger partial charge on any atom is 0.119 e. The van der Waals surface area contributed by atoms with Gasteiger partial charge in [-0.1, -0.05) is 13.0 Å². The summed E-state index contributed by atoms with van der Waals surface area (Å²) in [5, 5.41) is 3.15. The van der Waals surface area contributed by atoms with E-state index in [0.29, 0.717) is 0 Å². The Hall–Kier alpha value is -1.02. The fourth-order valence-corrected chi connectivity index (χ4v) is 1.43. The van der Waals surface area contributed by atoms with Crippen LogP contribution in [0.3, 0.4) is 0 Å². The molecule has 0 saturated carbocycles. The van der Waals surface area contributed by atoms with E-state index in [0.717, 1.165) is 18.7 Å². The molecule has 0 bridgehead atoms. The van der Waals surface area contributed by atoms with Crippen LogP contribution in [0.15, 0.2) is 18.2 Å². The van der Waals surface area contributed by atoms with Crippen molar-refractivity contribution in [2.75, 3.05) is 14.2 Å². The number of aryl methyl sites for hydroxylation is 1. The quantitative estimate of drug-likeness (QED) is 0.763. The highest BCUT2D eigenvalue weighted by Crippen LogP contribution is 2.17. The molecule has 0 amide bonds. The molecule has 0 heterocycles. The summed E-state index contributed by atoms with van der Waals surface area (Å²) in [6, 6.07) is 6.23. The topological polar surface area (TPSA) is 21.3 Å². The predicted octanol–water partition coefficient (Wildman–Crippen LogP) is 1.98. The van der Waals surface area contributed by atoms with Crippen LogP contribution in [0.1, 0.15) is 18.1 Å². The third-order valence-electron chi connectivity index (χ3n) is 2.16. The maximum atomic E-state index is 5.17. The summed E-state index contributed by atoms with van der Waals surface area (Å²) in [4.78, 5) is 0. The van der Waals surface area contributed by atoms with E-state index < -0.39 is 0 Å². The van der Waals surface area contributed by atoms with Crippen molar-refractivity contribution in [1.82, 2.24) is 5.32 Å². The van der Waals surface area contributed by atoms with E-state index >= 15 is 0 Å². The van der Waals surface area contributed by atoms with Gasteiger partial charge in [-0.25, -0.2) is 0 Å². The van der Waals surface area contributed by atoms with Gasteiger partial charge in [0.15, 0.2) is 0 Å². The average Bonchev–Trinajstić information content (AvgIpc) is 2.18. The molecule has 0 aliphatic heterocycles. The van der Waals surface area contributed by atoms with Gasteiger partial charge in [0, 0.05) is 6.54 Å². The first kappa shape index (κ1) is 10.1. The minimum Gasteiger partial charge on any atom is -0.497 e. The Morgan fingerprint density at radius 3 is 2.62 bits per heavy atom. The molecule has 0 fully saturated rings. The van der Waals surface area contributed by atoms with Gasteiger partial charge in [0.1, 0.15) is 5.75 Å². The maximum absolute atomic E-state index is 5.17. The van der Waals surface area contributed by atoms with Gasteiger partial charge in [-0.3, -0.25) is 0 Å². The lowest BCUT2D eigenvalue weighted by molar-refractivity contribution is 0.414. The second-order valence-electron chi connectivity index (χ2n) is 3.02. The first-order valence-electron chi connectivity index (χ1n) is 4.62. The van der Waals surface area contributed by atoms with Gasteiger partial charge in [-0.2, -0.15) is 0 Å². The summed E-state index contributed by atoms with van der Waals surface area (Å²) in [5.41, 5.74) is 2.71. The molecule has 1 rings (SSSR count). The molecule has 1 N–H and O–H groups in total. The Bertz CT molecular complexity index is 271. The van der Waals surface area contributed by atoms with E-state index in [1.54, 1.807) is 7.11 Å². The third kappa shape index (κ3) is 2.46. The molecule has 2 nitrogen and oxygen atoms in total. The molecule has 1 aromatic carbocycles. The van der Waals surface area contributed by atoms with Gasteiger partial charge in [-0.05, 0) is 36.7 Å². The summed E-state index contributed by atoms with van der Waals surface area (Å²) in [5.74, 6) is 0.933. The Labute approximate surface area is 79.9 Å². The van der Waals surface area contributed by atoms with Crippen LogP contribution in [0.2, 0.25) is 0 Å². The number of hydrogen-bond acceptors (Lipinski definition) is 2. The van der Waals surface area contributed by atoms with E-state index in [9.17, 15) is 0 Å². The van der Waals surface area contributed by atoms with Crippen molar-refractivity contribution in [1.29, 1.82) is 0 Å². The lowest BCUT2D eigenvalue weighted by atomic mass is 10.0. The zero-order chi connectivity index (χ0) is 9.68. The SMILES string of the molecule is CCc1ccc(OC)cc1CNC. The predicted molar refractivity (Wildman–Crippen MR) is 55.1 cm³/mol. The number of methoxy groups -OCH3 is 1. The van der Waals surface area contributed by atoms with E-state index in [4.69, 9.17) is 4.74 Å². The Balaban J connectivity index is 2.95. The van der Waals surface area contributed by atoms with Crippen LogP contribution >= 0.6 is 0 Å². The molecule has 0 atom stereocenters. The Morgan fingerprint density at radius 2 is 2.08 bits per heavy atom. The van der Waals surface area contributed by atoms with Crippen LogP contribution in [-0.2, 0) is 13.0 Å². The highest BCUT2D eigenvalue weighted by molar-refractivity contribution is 5.35. The van der Waals surface area contributed by atoms with E-state index in [1.807, 2.05) is 13.1 Å². The van der Waals surface area contributed by atoms with Crippen LogP contribution in [0.25, 0.3) is 0 Å². The molecule has 1 aromatic rings. The third-order valence-corrected chi connectivity index (χ3v) is 2.16. The van der Waals surface area contributed by atoms with Crippen LogP contribution in [0.4, 0.5) is 0 Å². The normalized spacial score (nSPS) is 10.1. The summed E-state index contributed by atoms with van der Waals surface area (Å²) >= 11 is 0. The summed E-state index contributed by atoms with van der Waals surface area (Å²) in [7, 11) is 3.66. The molecular weight excluding hydrogens is 162 g/mol. The van der Waals surface area contributed by atoms with E-state index in [-0.39, 0.29) is 0 Å². The van der Waals surface area contributed by atoms with Gasteiger partial charge >= 0.3 is 0 Å². The molecule has 2 heteroatoms.